The molecule has 7 heteroatoms. The van der Waals surface area contributed by atoms with Gasteiger partial charge in [0.1, 0.15) is 0 Å². The summed E-state index contributed by atoms with van der Waals surface area (Å²) in [6.07, 6.45) is 0.633. The zero-order valence-corrected chi connectivity index (χ0v) is 15.8. The highest BCUT2D eigenvalue weighted by Gasteiger charge is 2.17. The van der Waals surface area contributed by atoms with Crippen molar-refractivity contribution >= 4 is 17.3 Å². The number of carbonyl (C=O) groups is 1. The molecule has 1 atom stereocenters. The summed E-state index contributed by atoms with van der Waals surface area (Å²) < 4.78 is 5.78. The van der Waals surface area contributed by atoms with Crippen molar-refractivity contribution in [3.8, 4) is 0 Å². The molecule has 0 saturated carbocycles. The van der Waals surface area contributed by atoms with Crippen molar-refractivity contribution in [3.63, 3.8) is 0 Å². The second-order valence-electron chi connectivity index (χ2n) is 6.39. The van der Waals surface area contributed by atoms with Gasteiger partial charge in [0.15, 0.2) is 0 Å². The van der Waals surface area contributed by atoms with E-state index in [0.717, 1.165) is 5.56 Å². The lowest BCUT2D eigenvalue weighted by molar-refractivity contribution is -0.384. The molecule has 0 aliphatic carbocycles. The van der Waals surface area contributed by atoms with Crippen molar-refractivity contribution in [1.29, 1.82) is 0 Å². The first-order valence-corrected chi connectivity index (χ1v) is 8.80. The van der Waals surface area contributed by atoms with E-state index in [1.807, 2.05) is 37.3 Å². The maximum absolute atomic E-state index is 12.5. The topological polar surface area (TPSA) is 84.7 Å². The highest BCUT2D eigenvalue weighted by atomic mass is 16.6. The van der Waals surface area contributed by atoms with E-state index >= 15 is 0 Å². The van der Waals surface area contributed by atoms with Crippen LogP contribution in [-0.2, 0) is 4.74 Å². The van der Waals surface area contributed by atoms with E-state index in [1.54, 1.807) is 25.1 Å². The molecule has 0 radical (unpaired) electrons. The first-order valence-electron chi connectivity index (χ1n) is 8.80. The number of hydrogen-bond donors (Lipinski definition) is 1. The number of benzene rings is 2. The molecule has 2 aromatic carbocycles. The maximum Gasteiger partial charge on any atom is 0.270 e. The number of carbonyl (C=O) groups excluding carboxylic acids is 1. The molecule has 0 spiro atoms. The number of rotatable bonds is 9. The van der Waals surface area contributed by atoms with Crippen molar-refractivity contribution in [1.82, 2.24) is 5.32 Å². The lowest BCUT2D eigenvalue weighted by Crippen LogP contribution is -2.27. The van der Waals surface area contributed by atoms with Crippen molar-refractivity contribution in [3.05, 3.63) is 69.8 Å². The first-order chi connectivity index (χ1) is 12.9. The van der Waals surface area contributed by atoms with Crippen LogP contribution in [0.1, 0.15) is 35.4 Å². The average molecular weight is 371 g/mol. The summed E-state index contributed by atoms with van der Waals surface area (Å²) in [6.45, 7) is 2.92. The van der Waals surface area contributed by atoms with E-state index in [0.29, 0.717) is 25.3 Å². The predicted molar refractivity (Wildman–Crippen MR) is 105 cm³/mol. The number of non-ortho nitro benzene ring substituents is 1. The fraction of sp³-hybridized carbons (Fsp3) is 0.350. The monoisotopic (exact) mass is 371 g/mol. The third kappa shape index (κ3) is 5.79. The number of ether oxygens (including phenoxy) is 1. The van der Waals surface area contributed by atoms with Crippen molar-refractivity contribution in [2.24, 2.45) is 0 Å². The minimum atomic E-state index is -0.505. The highest BCUT2D eigenvalue weighted by molar-refractivity contribution is 6.00. The van der Waals surface area contributed by atoms with E-state index in [2.05, 4.69) is 5.32 Å². The van der Waals surface area contributed by atoms with Gasteiger partial charge in [0, 0.05) is 45.1 Å². The van der Waals surface area contributed by atoms with Gasteiger partial charge in [-0.1, -0.05) is 30.3 Å². The Labute approximate surface area is 159 Å². The molecule has 1 N–H and O–H groups in total. The van der Waals surface area contributed by atoms with Crippen molar-refractivity contribution in [2.75, 3.05) is 32.1 Å². The summed E-state index contributed by atoms with van der Waals surface area (Å²) >= 11 is 0. The van der Waals surface area contributed by atoms with Crippen LogP contribution in [0.5, 0.6) is 0 Å². The zero-order valence-electron chi connectivity index (χ0n) is 15.8. The molecule has 1 amide bonds. The average Bonchev–Trinajstić information content (AvgIpc) is 2.67. The standard InChI is InChI=1S/C20H25N3O4/c1-15(16-8-5-4-6-9-16)27-13-7-12-21-20(24)18-14-17(23(25)26)10-11-19(18)22(2)3/h4-6,8-11,14-15H,7,12-13H2,1-3H3,(H,21,24). The summed E-state index contributed by atoms with van der Waals surface area (Å²) in [5, 5.41) is 13.8. The van der Waals surface area contributed by atoms with Crippen LogP contribution in [0, 0.1) is 10.1 Å². The first kappa shape index (κ1) is 20.4. The molecule has 7 nitrogen and oxygen atoms in total. The molecule has 2 rings (SSSR count). The summed E-state index contributed by atoms with van der Waals surface area (Å²) in [5.74, 6) is -0.335. The highest BCUT2D eigenvalue weighted by Crippen LogP contribution is 2.24. The molecule has 0 aromatic heterocycles. The smallest absolute Gasteiger partial charge is 0.270 e. The number of nitrogens with one attached hydrogen (secondary N) is 1. The normalized spacial score (nSPS) is 11.7. The fourth-order valence-electron chi connectivity index (χ4n) is 2.66. The van der Waals surface area contributed by atoms with Gasteiger partial charge < -0.3 is 15.0 Å². The van der Waals surface area contributed by atoms with Crippen LogP contribution in [0.2, 0.25) is 0 Å². The van der Waals surface area contributed by atoms with E-state index in [-0.39, 0.29) is 23.3 Å². The molecular weight excluding hydrogens is 346 g/mol. The van der Waals surface area contributed by atoms with Gasteiger partial charge in [-0.25, -0.2) is 0 Å². The molecule has 27 heavy (non-hydrogen) atoms. The van der Waals surface area contributed by atoms with Crippen molar-refractivity contribution in [2.45, 2.75) is 19.4 Å². The Kier molecular flexibility index (Phi) is 7.31. The number of nitrogens with zero attached hydrogens (tertiary/aromatic N) is 2. The number of amides is 1. The Morgan fingerprint density at radius 3 is 2.56 bits per heavy atom. The maximum atomic E-state index is 12.5. The van der Waals surface area contributed by atoms with Crippen LogP contribution in [0.25, 0.3) is 0 Å². The van der Waals surface area contributed by atoms with Gasteiger partial charge in [-0.2, -0.15) is 0 Å². The Hall–Kier alpha value is -2.93. The Morgan fingerprint density at radius 1 is 1.22 bits per heavy atom. The number of nitro groups is 1. The third-order valence-electron chi connectivity index (χ3n) is 4.16. The summed E-state index contributed by atoms with van der Waals surface area (Å²) in [6, 6.07) is 14.2. The largest absolute Gasteiger partial charge is 0.377 e. The van der Waals surface area contributed by atoms with E-state index in [4.69, 9.17) is 4.74 Å². The fourth-order valence-corrected chi connectivity index (χ4v) is 2.66. The minimum absolute atomic E-state index is 0.0148. The van der Waals surface area contributed by atoms with Gasteiger partial charge >= 0.3 is 0 Å². The Bertz CT molecular complexity index is 778. The van der Waals surface area contributed by atoms with Crippen LogP contribution in [0.3, 0.4) is 0 Å². The van der Waals surface area contributed by atoms with Crippen molar-refractivity contribution < 1.29 is 14.5 Å². The van der Waals surface area contributed by atoms with Gasteiger partial charge in [-0.05, 0) is 25.0 Å². The van der Waals surface area contributed by atoms with Gasteiger partial charge in [0.25, 0.3) is 11.6 Å². The van der Waals surface area contributed by atoms with Gasteiger partial charge in [-0.3, -0.25) is 14.9 Å². The zero-order chi connectivity index (χ0) is 19.8. The molecule has 0 fully saturated rings. The molecule has 0 aliphatic rings. The molecule has 1 unspecified atom stereocenters. The molecule has 0 bridgehead atoms. The van der Waals surface area contributed by atoms with E-state index < -0.39 is 4.92 Å². The molecular formula is C20H25N3O4. The second-order valence-corrected chi connectivity index (χ2v) is 6.39. The number of hydrogen-bond acceptors (Lipinski definition) is 5. The molecule has 2 aromatic rings. The summed E-state index contributed by atoms with van der Waals surface area (Å²) in [4.78, 5) is 24.7. The van der Waals surface area contributed by atoms with Crippen LogP contribution < -0.4 is 10.2 Å². The lowest BCUT2D eigenvalue weighted by Gasteiger charge is -2.17. The molecule has 0 saturated heterocycles. The van der Waals surface area contributed by atoms with Crippen LogP contribution in [0.15, 0.2) is 48.5 Å². The number of anilines is 1. The predicted octanol–water partition coefficient (Wildman–Crippen LogP) is 3.56. The lowest BCUT2D eigenvalue weighted by atomic mass is 10.1. The number of nitro benzene ring substituents is 1. The van der Waals surface area contributed by atoms with E-state index in [1.165, 1.54) is 12.1 Å². The molecule has 0 aliphatic heterocycles. The Morgan fingerprint density at radius 2 is 1.93 bits per heavy atom. The SMILES string of the molecule is CC(OCCCNC(=O)c1cc([N+](=O)[O-])ccc1N(C)C)c1ccccc1. The Balaban J connectivity index is 1.86. The molecule has 0 heterocycles. The minimum Gasteiger partial charge on any atom is -0.377 e. The quantitative estimate of drug-likeness (QED) is 0.414. The second kappa shape index (κ2) is 9.68. The van der Waals surface area contributed by atoms with Crippen LogP contribution in [-0.4, -0.2) is 38.1 Å². The molecule has 144 valence electrons. The van der Waals surface area contributed by atoms with Crippen LogP contribution in [0.4, 0.5) is 11.4 Å². The summed E-state index contributed by atoms with van der Waals surface area (Å²) in [7, 11) is 3.58. The van der Waals surface area contributed by atoms with Gasteiger partial charge in [-0.15, -0.1) is 0 Å². The van der Waals surface area contributed by atoms with E-state index in [9.17, 15) is 14.9 Å². The van der Waals surface area contributed by atoms with Crippen LogP contribution >= 0.6 is 0 Å². The third-order valence-corrected chi connectivity index (χ3v) is 4.16. The summed E-state index contributed by atoms with van der Waals surface area (Å²) in [5.41, 5.74) is 1.92. The van der Waals surface area contributed by atoms with Gasteiger partial charge in [0.2, 0.25) is 0 Å². The van der Waals surface area contributed by atoms with Gasteiger partial charge in [0.05, 0.1) is 16.6 Å².